The van der Waals surface area contributed by atoms with Gasteiger partial charge in [0.1, 0.15) is 0 Å². The second-order valence-corrected chi connectivity index (χ2v) is 6.55. The number of allylic oxidation sites excluding steroid dienone is 1. The van der Waals surface area contributed by atoms with Crippen LogP contribution in [-0.4, -0.2) is 5.78 Å². The maximum Gasteiger partial charge on any atom is 0.188 e. The number of thiophene rings is 1. The van der Waals surface area contributed by atoms with Gasteiger partial charge < -0.3 is 5.32 Å². The van der Waals surface area contributed by atoms with Crippen LogP contribution < -0.4 is 5.32 Å². The zero-order valence-corrected chi connectivity index (χ0v) is 13.1. The molecule has 0 saturated carbocycles. The molecule has 1 aromatic carbocycles. The van der Waals surface area contributed by atoms with Crippen LogP contribution in [0.5, 0.6) is 0 Å². The van der Waals surface area contributed by atoms with E-state index in [9.17, 15) is 4.79 Å². The van der Waals surface area contributed by atoms with Crippen LogP contribution in [0.4, 0.5) is 5.69 Å². The van der Waals surface area contributed by atoms with Crippen LogP contribution in [0.3, 0.4) is 0 Å². The average Bonchev–Trinajstić information content (AvgIpc) is 2.71. The Morgan fingerprint density at radius 2 is 1.95 bits per heavy atom. The first kappa shape index (κ1) is 14.0. The van der Waals surface area contributed by atoms with Crippen LogP contribution in [0.15, 0.2) is 47.1 Å². The Bertz CT molecular complexity index is 614. The number of hydrogen-bond acceptors (Lipinski definition) is 3. The lowest BCUT2D eigenvalue weighted by Gasteiger charge is -2.00. The summed E-state index contributed by atoms with van der Waals surface area (Å²) in [6, 6.07) is 9.72. The first-order valence-electron chi connectivity index (χ1n) is 5.86. The standard InChI is InChI=1S/C15H14BrNOS/c1-10-9-14(11(2)19-10)15(18)7-8-17-13-5-3-12(16)4-6-13/h3-9,17H,1-2H3/b8-7+. The molecule has 2 nitrogen and oxygen atoms in total. The number of ketones is 1. The molecular weight excluding hydrogens is 322 g/mol. The molecule has 0 aliphatic heterocycles. The SMILES string of the molecule is Cc1cc(C(=O)/C=C/Nc2ccc(Br)cc2)c(C)s1. The third-order valence-corrected chi connectivity index (χ3v) is 4.13. The van der Waals surface area contributed by atoms with Gasteiger partial charge >= 0.3 is 0 Å². The predicted molar refractivity (Wildman–Crippen MR) is 85.0 cm³/mol. The second kappa shape index (κ2) is 6.17. The first-order chi connectivity index (χ1) is 9.06. The number of hydrogen-bond donors (Lipinski definition) is 1. The molecule has 0 aliphatic carbocycles. The van der Waals surface area contributed by atoms with Crippen LogP contribution in [0.2, 0.25) is 0 Å². The lowest BCUT2D eigenvalue weighted by Crippen LogP contribution is -1.96. The van der Waals surface area contributed by atoms with Crippen molar-refractivity contribution < 1.29 is 4.79 Å². The average molecular weight is 336 g/mol. The molecule has 0 saturated heterocycles. The molecule has 0 aliphatic rings. The molecule has 98 valence electrons. The Balaban J connectivity index is 2.01. The molecule has 0 unspecified atom stereocenters. The summed E-state index contributed by atoms with van der Waals surface area (Å²) in [5.41, 5.74) is 1.74. The third-order valence-electron chi connectivity index (χ3n) is 2.64. The van der Waals surface area contributed by atoms with Gasteiger partial charge in [0.05, 0.1) is 0 Å². The summed E-state index contributed by atoms with van der Waals surface area (Å²) < 4.78 is 1.03. The van der Waals surface area contributed by atoms with Crippen molar-refractivity contribution in [2.45, 2.75) is 13.8 Å². The minimum Gasteiger partial charge on any atom is -0.362 e. The van der Waals surface area contributed by atoms with Crippen molar-refractivity contribution in [2.75, 3.05) is 5.32 Å². The van der Waals surface area contributed by atoms with Gasteiger partial charge in [-0.25, -0.2) is 0 Å². The highest BCUT2D eigenvalue weighted by Crippen LogP contribution is 2.21. The van der Waals surface area contributed by atoms with Gasteiger partial charge in [-0.1, -0.05) is 15.9 Å². The van der Waals surface area contributed by atoms with Crippen molar-refractivity contribution >= 4 is 38.7 Å². The van der Waals surface area contributed by atoms with Crippen molar-refractivity contribution in [3.05, 3.63) is 62.4 Å². The summed E-state index contributed by atoms with van der Waals surface area (Å²) in [5, 5.41) is 3.08. The lowest BCUT2D eigenvalue weighted by atomic mass is 10.1. The van der Waals surface area contributed by atoms with Crippen molar-refractivity contribution in [1.82, 2.24) is 0 Å². The molecule has 2 rings (SSSR count). The number of aryl methyl sites for hydroxylation is 2. The Kier molecular flexibility index (Phi) is 4.56. The molecular formula is C15H14BrNOS. The Morgan fingerprint density at radius 3 is 2.53 bits per heavy atom. The number of benzene rings is 1. The maximum absolute atomic E-state index is 12.0. The zero-order valence-electron chi connectivity index (χ0n) is 10.7. The number of carbonyl (C=O) groups is 1. The summed E-state index contributed by atoms with van der Waals surface area (Å²) in [5.74, 6) is 0.0338. The smallest absolute Gasteiger partial charge is 0.188 e. The van der Waals surface area contributed by atoms with E-state index in [4.69, 9.17) is 0 Å². The number of carbonyl (C=O) groups excluding carboxylic acids is 1. The van der Waals surface area contributed by atoms with Crippen molar-refractivity contribution in [2.24, 2.45) is 0 Å². The van der Waals surface area contributed by atoms with Crippen molar-refractivity contribution in [1.29, 1.82) is 0 Å². The van der Waals surface area contributed by atoms with E-state index in [0.717, 1.165) is 25.5 Å². The fraction of sp³-hybridized carbons (Fsp3) is 0.133. The maximum atomic E-state index is 12.0. The molecule has 19 heavy (non-hydrogen) atoms. The van der Waals surface area contributed by atoms with E-state index in [1.165, 1.54) is 0 Å². The monoisotopic (exact) mass is 335 g/mol. The van der Waals surface area contributed by atoms with Crippen LogP contribution in [-0.2, 0) is 0 Å². The van der Waals surface area contributed by atoms with Gasteiger partial charge in [0, 0.05) is 37.8 Å². The van der Waals surface area contributed by atoms with Crippen LogP contribution >= 0.6 is 27.3 Å². The van der Waals surface area contributed by atoms with Gasteiger partial charge in [0.15, 0.2) is 5.78 Å². The van der Waals surface area contributed by atoms with Crippen molar-refractivity contribution in [3.63, 3.8) is 0 Å². The van der Waals surface area contributed by atoms with Crippen LogP contribution in [0, 0.1) is 13.8 Å². The highest BCUT2D eigenvalue weighted by molar-refractivity contribution is 9.10. The van der Waals surface area contributed by atoms with E-state index < -0.39 is 0 Å². The van der Waals surface area contributed by atoms with Gasteiger partial charge in [-0.15, -0.1) is 11.3 Å². The van der Waals surface area contributed by atoms with E-state index >= 15 is 0 Å². The topological polar surface area (TPSA) is 29.1 Å². The summed E-state index contributed by atoms with van der Waals surface area (Å²) >= 11 is 5.03. The number of nitrogens with one attached hydrogen (secondary N) is 1. The van der Waals surface area contributed by atoms with E-state index in [1.807, 2.05) is 44.2 Å². The number of anilines is 1. The van der Waals surface area contributed by atoms with Gasteiger partial charge in [0.2, 0.25) is 0 Å². The van der Waals surface area contributed by atoms with E-state index in [0.29, 0.717) is 0 Å². The number of halogens is 1. The molecule has 1 heterocycles. The Hall–Kier alpha value is -1.39. The highest BCUT2D eigenvalue weighted by Gasteiger charge is 2.08. The molecule has 0 spiro atoms. The minimum atomic E-state index is 0.0338. The molecule has 0 radical (unpaired) electrons. The zero-order chi connectivity index (χ0) is 13.8. The molecule has 0 bridgehead atoms. The summed E-state index contributed by atoms with van der Waals surface area (Å²) in [6.07, 6.45) is 3.24. The molecule has 0 fully saturated rings. The summed E-state index contributed by atoms with van der Waals surface area (Å²) in [6.45, 7) is 3.99. The first-order valence-corrected chi connectivity index (χ1v) is 7.47. The van der Waals surface area contributed by atoms with Crippen molar-refractivity contribution in [3.8, 4) is 0 Å². The van der Waals surface area contributed by atoms with Crippen LogP contribution in [0.25, 0.3) is 0 Å². The fourth-order valence-corrected chi connectivity index (χ4v) is 2.92. The highest BCUT2D eigenvalue weighted by atomic mass is 79.9. The molecule has 2 aromatic rings. The normalized spacial score (nSPS) is 10.9. The van der Waals surface area contributed by atoms with Gasteiger partial charge in [0.25, 0.3) is 0 Å². The molecule has 0 atom stereocenters. The molecule has 1 aromatic heterocycles. The fourth-order valence-electron chi connectivity index (χ4n) is 1.72. The molecule has 0 amide bonds. The van der Waals surface area contributed by atoms with Gasteiger partial charge in [-0.05, 0) is 44.2 Å². The summed E-state index contributed by atoms with van der Waals surface area (Å²) in [4.78, 5) is 14.2. The lowest BCUT2D eigenvalue weighted by molar-refractivity contribution is 0.104. The molecule has 4 heteroatoms. The Morgan fingerprint density at radius 1 is 1.26 bits per heavy atom. The number of rotatable bonds is 4. The summed E-state index contributed by atoms with van der Waals surface area (Å²) in [7, 11) is 0. The van der Waals surface area contributed by atoms with Gasteiger partial charge in [-0.2, -0.15) is 0 Å². The Labute approximate surface area is 125 Å². The van der Waals surface area contributed by atoms with E-state index in [1.54, 1.807) is 23.6 Å². The van der Waals surface area contributed by atoms with E-state index in [2.05, 4.69) is 21.2 Å². The largest absolute Gasteiger partial charge is 0.362 e. The van der Waals surface area contributed by atoms with Crippen LogP contribution in [0.1, 0.15) is 20.1 Å². The predicted octanol–water partition coefficient (Wildman–Crippen LogP) is 4.94. The van der Waals surface area contributed by atoms with Gasteiger partial charge in [-0.3, -0.25) is 4.79 Å². The quantitative estimate of drug-likeness (QED) is 0.633. The molecule has 1 N–H and O–H groups in total. The second-order valence-electron chi connectivity index (χ2n) is 4.18. The van der Waals surface area contributed by atoms with E-state index in [-0.39, 0.29) is 5.78 Å². The third kappa shape index (κ3) is 3.78. The minimum absolute atomic E-state index is 0.0338.